The summed E-state index contributed by atoms with van der Waals surface area (Å²) in [7, 11) is 0. The van der Waals surface area contributed by atoms with Crippen molar-refractivity contribution < 1.29 is 9.53 Å². The summed E-state index contributed by atoms with van der Waals surface area (Å²) in [4.78, 5) is 12.6. The number of carbonyl (C=O) groups is 1. The first-order valence-corrected chi connectivity index (χ1v) is 11.9. The molecule has 0 atom stereocenters. The number of anilines is 1. The second-order valence-corrected chi connectivity index (χ2v) is 9.68. The van der Waals surface area contributed by atoms with Gasteiger partial charge in [0.15, 0.2) is 0 Å². The van der Waals surface area contributed by atoms with Crippen LogP contribution in [0.3, 0.4) is 0 Å². The van der Waals surface area contributed by atoms with Crippen LogP contribution in [-0.4, -0.2) is 5.91 Å². The smallest absolute Gasteiger partial charge is 0.266 e. The molecular weight excluding hydrogens is 626 g/mol. The van der Waals surface area contributed by atoms with E-state index in [2.05, 4.69) is 49.9 Å². The molecule has 0 aliphatic carbocycles. The minimum Gasteiger partial charge on any atom is -0.487 e. The molecule has 4 nitrogen and oxygen atoms in total. The fraction of sp³-hybridized carbons (Fsp3) is 0.0833. The van der Waals surface area contributed by atoms with Crippen LogP contribution in [0.1, 0.15) is 16.7 Å². The van der Waals surface area contributed by atoms with Gasteiger partial charge in [-0.3, -0.25) is 4.79 Å². The molecule has 0 heterocycles. The molecule has 0 saturated carbocycles. The third-order valence-electron chi connectivity index (χ3n) is 4.34. The summed E-state index contributed by atoms with van der Waals surface area (Å²) in [6.07, 6.45) is 1.52. The van der Waals surface area contributed by atoms with Crippen molar-refractivity contribution in [3.63, 3.8) is 0 Å². The molecule has 1 amide bonds. The standard InChI is InChI=1S/C24H16BrCl2IN2O2/c1-14-3-2-4-15(7-14)13-32-23-19(25)9-16(10-22(23)28)8-17(12-29)24(31)30-18-5-6-20(26)21(27)11-18/h2-11H,13H2,1H3,(H,30,31)/b17-8+. The SMILES string of the molecule is Cc1cccc(COc2c(Br)cc(/C=C(\C#N)C(=O)Nc3ccc(Cl)c(Cl)c3)cc2I)c1. The maximum absolute atomic E-state index is 12.6. The Morgan fingerprint density at radius 1 is 1.19 bits per heavy atom. The summed E-state index contributed by atoms with van der Waals surface area (Å²) in [5.41, 5.74) is 3.32. The number of benzene rings is 3. The highest BCUT2D eigenvalue weighted by atomic mass is 127. The third kappa shape index (κ3) is 6.48. The van der Waals surface area contributed by atoms with Gasteiger partial charge in [-0.25, -0.2) is 0 Å². The highest BCUT2D eigenvalue weighted by Gasteiger charge is 2.13. The van der Waals surface area contributed by atoms with E-state index >= 15 is 0 Å². The molecule has 0 unspecified atom stereocenters. The molecule has 0 aromatic heterocycles. The Hall–Kier alpha value is -2.05. The molecule has 3 rings (SSSR count). The fourth-order valence-corrected chi connectivity index (χ4v) is 4.91. The van der Waals surface area contributed by atoms with E-state index in [1.807, 2.05) is 37.3 Å². The lowest BCUT2D eigenvalue weighted by Crippen LogP contribution is -2.13. The van der Waals surface area contributed by atoms with Crippen LogP contribution in [-0.2, 0) is 11.4 Å². The first-order valence-electron chi connectivity index (χ1n) is 9.32. The summed E-state index contributed by atoms with van der Waals surface area (Å²) in [6, 6.07) is 18.4. The number of carbonyl (C=O) groups excluding carboxylic acids is 1. The van der Waals surface area contributed by atoms with Crippen LogP contribution in [0.25, 0.3) is 6.08 Å². The number of ether oxygens (including phenoxy) is 1. The summed E-state index contributed by atoms with van der Waals surface area (Å²) >= 11 is 17.6. The van der Waals surface area contributed by atoms with Gasteiger partial charge in [0.1, 0.15) is 24.0 Å². The monoisotopic (exact) mass is 640 g/mol. The second-order valence-electron chi connectivity index (χ2n) is 6.84. The van der Waals surface area contributed by atoms with Gasteiger partial charge < -0.3 is 10.1 Å². The zero-order chi connectivity index (χ0) is 23.3. The molecule has 0 bridgehead atoms. The summed E-state index contributed by atoms with van der Waals surface area (Å²) in [5, 5.41) is 12.8. The van der Waals surface area contributed by atoms with Crippen molar-refractivity contribution in [2.24, 2.45) is 0 Å². The number of hydrogen-bond donors (Lipinski definition) is 1. The maximum Gasteiger partial charge on any atom is 0.266 e. The largest absolute Gasteiger partial charge is 0.487 e. The Bertz CT molecular complexity index is 1230. The number of halogens is 4. The molecule has 0 radical (unpaired) electrons. The van der Waals surface area contributed by atoms with Crippen molar-refractivity contribution >= 4 is 79.4 Å². The molecular formula is C24H16BrCl2IN2O2. The Morgan fingerprint density at radius 2 is 1.97 bits per heavy atom. The quantitative estimate of drug-likeness (QED) is 0.170. The topological polar surface area (TPSA) is 62.1 Å². The molecule has 8 heteroatoms. The van der Waals surface area contributed by atoms with Crippen LogP contribution >= 0.6 is 61.7 Å². The Balaban J connectivity index is 1.77. The lowest BCUT2D eigenvalue weighted by molar-refractivity contribution is -0.112. The van der Waals surface area contributed by atoms with E-state index in [0.29, 0.717) is 33.7 Å². The second kappa shape index (κ2) is 11.2. The molecule has 0 saturated heterocycles. The molecule has 0 spiro atoms. The maximum atomic E-state index is 12.6. The minimum absolute atomic E-state index is 0.0489. The van der Waals surface area contributed by atoms with Gasteiger partial charge in [0, 0.05) is 5.69 Å². The first-order chi connectivity index (χ1) is 15.3. The van der Waals surface area contributed by atoms with E-state index in [1.165, 1.54) is 17.7 Å². The van der Waals surface area contributed by atoms with Crippen molar-refractivity contribution in [3.8, 4) is 11.8 Å². The summed E-state index contributed by atoms with van der Waals surface area (Å²) < 4.78 is 7.57. The van der Waals surface area contributed by atoms with Crippen LogP contribution < -0.4 is 10.1 Å². The number of hydrogen-bond acceptors (Lipinski definition) is 3. The molecule has 0 aliphatic heterocycles. The Kier molecular flexibility index (Phi) is 8.60. The van der Waals surface area contributed by atoms with E-state index in [9.17, 15) is 10.1 Å². The number of nitrogens with one attached hydrogen (secondary N) is 1. The Labute approximate surface area is 218 Å². The summed E-state index contributed by atoms with van der Waals surface area (Å²) in [5.74, 6) is 0.153. The average molecular weight is 642 g/mol. The van der Waals surface area contributed by atoms with Crippen LogP contribution in [0.2, 0.25) is 10.0 Å². The van der Waals surface area contributed by atoms with Gasteiger partial charge in [0.25, 0.3) is 5.91 Å². The van der Waals surface area contributed by atoms with Crippen molar-refractivity contribution in [2.75, 3.05) is 5.32 Å². The predicted octanol–water partition coefficient (Wildman–Crippen LogP) is 7.79. The van der Waals surface area contributed by atoms with Gasteiger partial charge in [0.2, 0.25) is 0 Å². The number of amides is 1. The van der Waals surface area contributed by atoms with E-state index in [1.54, 1.807) is 18.2 Å². The molecule has 32 heavy (non-hydrogen) atoms. The molecule has 0 fully saturated rings. The lowest BCUT2D eigenvalue weighted by Gasteiger charge is -2.12. The van der Waals surface area contributed by atoms with E-state index < -0.39 is 5.91 Å². The van der Waals surface area contributed by atoms with E-state index in [4.69, 9.17) is 27.9 Å². The lowest BCUT2D eigenvalue weighted by atomic mass is 10.1. The van der Waals surface area contributed by atoms with Gasteiger partial charge >= 0.3 is 0 Å². The van der Waals surface area contributed by atoms with Gasteiger partial charge in [-0.2, -0.15) is 5.26 Å². The van der Waals surface area contributed by atoms with Crippen LogP contribution in [0.5, 0.6) is 5.75 Å². The van der Waals surface area contributed by atoms with Gasteiger partial charge in [-0.15, -0.1) is 0 Å². The zero-order valence-corrected chi connectivity index (χ0v) is 22.0. The van der Waals surface area contributed by atoms with Crippen LogP contribution in [0, 0.1) is 21.8 Å². The van der Waals surface area contributed by atoms with E-state index in [-0.39, 0.29) is 5.57 Å². The highest BCUT2D eigenvalue weighted by Crippen LogP contribution is 2.33. The van der Waals surface area contributed by atoms with Crippen LogP contribution in [0.4, 0.5) is 5.69 Å². The van der Waals surface area contributed by atoms with Crippen LogP contribution in [0.15, 0.2) is 64.6 Å². The fourth-order valence-electron chi connectivity index (χ4n) is 2.85. The minimum atomic E-state index is -0.545. The number of nitrogens with zero attached hydrogens (tertiary/aromatic N) is 1. The van der Waals surface area contributed by atoms with Crippen molar-refractivity contribution in [2.45, 2.75) is 13.5 Å². The summed E-state index contributed by atoms with van der Waals surface area (Å²) in [6.45, 7) is 2.47. The van der Waals surface area contributed by atoms with E-state index in [0.717, 1.165) is 13.6 Å². The van der Waals surface area contributed by atoms with Gasteiger partial charge in [0.05, 0.1) is 18.1 Å². The molecule has 162 valence electrons. The first kappa shape index (κ1) is 24.6. The number of nitriles is 1. The van der Waals surface area contributed by atoms with Gasteiger partial charge in [-0.05, 0) is 93.0 Å². The third-order valence-corrected chi connectivity index (χ3v) is 6.47. The zero-order valence-electron chi connectivity index (χ0n) is 16.8. The average Bonchev–Trinajstić information content (AvgIpc) is 2.74. The number of aryl methyl sites for hydroxylation is 1. The Morgan fingerprint density at radius 3 is 2.62 bits per heavy atom. The normalized spacial score (nSPS) is 11.1. The van der Waals surface area contributed by atoms with Crippen molar-refractivity contribution in [3.05, 3.63) is 94.9 Å². The number of rotatable bonds is 6. The molecule has 3 aromatic carbocycles. The van der Waals surface area contributed by atoms with Crippen molar-refractivity contribution in [1.29, 1.82) is 5.26 Å². The molecule has 1 N–H and O–H groups in total. The van der Waals surface area contributed by atoms with Crippen molar-refractivity contribution in [1.82, 2.24) is 0 Å². The predicted molar refractivity (Wildman–Crippen MR) is 141 cm³/mol. The van der Waals surface area contributed by atoms with Gasteiger partial charge in [-0.1, -0.05) is 53.0 Å². The highest BCUT2D eigenvalue weighted by molar-refractivity contribution is 14.1. The molecule has 3 aromatic rings. The molecule has 0 aliphatic rings.